The smallest absolute Gasteiger partial charge is 0.393 e. The summed E-state index contributed by atoms with van der Waals surface area (Å²) in [5.74, 6) is -2.13. The summed E-state index contributed by atoms with van der Waals surface area (Å²) < 4.78 is 40.4. The molecule has 2 aliphatic heterocycles. The van der Waals surface area contributed by atoms with Gasteiger partial charge in [-0.25, -0.2) is 4.98 Å². The lowest BCUT2D eigenvalue weighted by atomic mass is 9.93. The van der Waals surface area contributed by atoms with E-state index in [0.717, 1.165) is 37.3 Å². The second kappa shape index (κ2) is 10.3. The maximum Gasteiger partial charge on any atom is 0.393 e. The van der Waals surface area contributed by atoms with Gasteiger partial charge in [0.15, 0.2) is 5.69 Å². The number of pyridine rings is 2. The van der Waals surface area contributed by atoms with E-state index in [2.05, 4.69) is 32.1 Å². The van der Waals surface area contributed by atoms with E-state index in [1.807, 2.05) is 18.2 Å². The van der Waals surface area contributed by atoms with Crippen LogP contribution >= 0.6 is 0 Å². The van der Waals surface area contributed by atoms with E-state index in [0.29, 0.717) is 11.2 Å². The van der Waals surface area contributed by atoms with Crippen molar-refractivity contribution in [2.24, 2.45) is 11.7 Å². The van der Waals surface area contributed by atoms with Crippen molar-refractivity contribution in [2.75, 3.05) is 67.2 Å². The highest BCUT2D eigenvalue weighted by atomic mass is 19.4. The van der Waals surface area contributed by atoms with Crippen LogP contribution in [0.15, 0.2) is 42.7 Å². The van der Waals surface area contributed by atoms with Gasteiger partial charge in [-0.15, -0.1) is 0 Å². The largest absolute Gasteiger partial charge is 0.397 e. The first-order chi connectivity index (χ1) is 18.1. The SMILES string of the molecule is CN1CCN(c2ccc3cc(N)c(C(=O)Nc4cnccc4N4CC(N)CC(C(F)(F)F)C4)nc3c2)CC1. The number of piperidine rings is 1. The number of amides is 1. The Morgan fingerprint density at radius 2 is 1.84 bits per heavy atom. The first-order valence-corrected chi connectivity index (χ1v) is 12.5. The van der Waals surface area contributed by atoms with Crippen molar-refractivity contribution in [3.63, 3.8) is 0 Å². The molecule has 0 radical (unpaired) electrons. The van der Waals surface area contributed by atoms with Gasteiger partial charge in [-0.05, 0) is 37.7 Å². The van der Waals surface area contributed by atoms with E-state index < -0.39 is 24.0 Å². The summed E-state index contributed by atoms with van der Waals surface area (Å²) in [6, 6.07) is 8.52. The molecule has 0 spiro atoms. The molecule has 5 N–H and O–H groups in total. The van der Waals surface area contributed by atoms with Crippen LogP contribution in [0.5, 0.6) is 0 Å². The second-order valence-corrected chi connectivity index (χ2v) is 10.1. The zero-order valence-electron chi connectivity index (χ0n) is 21.1. The molecule has 1 amide bonds. The van der Waals surface area contributed by atoms with E-state index in [1.54, 1.807) is 17.0 Å². The molecule has 2 unspecified atom stereocenters. The highest BCUT2D eigenvalue weighted by Gasteiger charge is 2.44. The molecule has 38 heavy (non-hydrogen) atoms. The predicted octanol–water partition coefficient (Wildman–Crippen LogP) is 2.93. The van der Waals surface area contributed by atoms with Crippen LogP contribution in [0.1, 0.15) is 16.9 Å². The van der Waals surface area contributed by atoms with Crippen molar-refractivity contribution < 1.29 is 18.0 Å². The number of rotatable bonds is 4. The van der Waals surface area contributed by atoms with Crippen LogP contribution in [-0.2, 0) is 0 Å². The molecule has 0 saturated carbocycles. The maximum atomic E-state index is 13.5. The number of halogens is 3. The molecule has 12 heteroatoms. The number of fused-ring (bicyclic) bond motifs is 1. The van der Waals surface area contributed by atoms with E-state index in [9.17, 15) is 18.0 Å². The number of piperazine rings is 1. The summed E-state index contributed by atoms with van der Waals surface area (Å²) >= 11 is 0. The van der Waals surface area contributed by atoms with Gasteiger partial charge in [0.1, 0.15) is 0 Å². The Morgan fingerprint density at radius 3 is 2.58 bits per heavy atom. The normalized spacial score (nSPS) is 21.1. The van der Waals surface area contributed by atoms with Gasteiger partial charge < -0.3 is 31.5 Å². The Balaban J connectivity index is 1.40. The molecule has 2 aliphatic rings. The number of alkyl halides is 3. The minimum Gasteiger partial charge on any atom is -0.397 e. The van der Waals surface area contributed by atoms with Crippen molar-refractivity contribution in [1.82, 2.24) is 14.9 Å². The summed E-state index contributed by atoms with van der Waals surface area (Å²) in [5, 5.41) is 3.56. The molecule has 2 aromatic heterocycles. The number of likely N-dealkylation sites (N-methyl/N-ethyl adjacent to an activating group) is 1. The fraction of sp³-hybridized carbons (Fsp3) is 0.423. The van der Waals surface area contributed by atoms with Crippen LogP contribution in [0.4, 0.5) is 35.9 Å². The van der Waals surface area contributed by atoms with Gasteiger partial charge in [0.25, 0.3) is 5.91 Å². The zero-order chi connectivity index (χ0) is 27.0. The number of nitrogen functional groups attached to an aromatic ring is 1. The molecule has 2 atom stereocenters. The van der Waals surface area contributed by atoms with E-state index in [-0.39, 0.29) is 36.6 Å². The molecule has 202 valence electrons. The topological polar surface area (TPSA) is 117 Å². The fourth-order valence-corrected chi connectivity index (χ4v) is 5.13. The third kappa shape index (κ3) is 5.46. The Labute approximate surface area is 218 Å². The summed E-state index contributed by atoms with van der Waals surface area (Å²) in [5.41, 5.74) is 14.7. The van der Waals surface area contributed by atoms with Crippen molar-refractivity contribution >= 4 is 39.6 Å². The van der Waals surface area contributed by atoms with E-state index in [4.69, 9.17) is 11.5 Å². The fourth-order valence-electron chi connectivity index (χ4n) is 5.13. The molecule has 4 heterocycles. The molecule has 2 fully saturated rings. The van der Waals surface area contributed by atoms with Crippen molar-refractivity contribution in [2.45, 2.75) is 18.6 Å². The quantitative estimate of drug-likeness (QED) is 0.474. The highest BCUT2D eigenvalue weighted by Crippen LogP contribution is 2.36. The van der Waals surface area contributed by atoms with Crippen molar-refractivity contribution in [3.05, 3.63) is 48.4 Å². The molecule has 2 saturated heterocycles. The number of benzene rings is 1. The molecular formula is C26H31F3N8O. The number of anilines is 4. The van der Waals surface area contributed by atoms with Crippen LogP contribution < -0.4 is 26.6 Å². The molecule has 9 nitrogen and oxygen atoms in total. The standard InChI is InChI=1S/C26H31F3N8O/c1-35-6-8-36(9-7-35)19-3-2-16-10-20(31)24(33-21(16)12-19)25(38)34-22-13-32-5-4-23(22)37-14-17(26(27,28)29)11-18(30)15-37/h2-5,10,12-13,17-18H,6-9,11,14-15,30-31H2,1H3,(H,34,38). The molecule has 1 aromatic carbocycles. The van der Waals surface area contributed by atoms with Crippen molar-refractivity contribution in [3.8, 4) is 0 Å². The van der Waals surface area contributed by atoms with E-state index in [1.165, 1.54) is 12.4 Å². The van der Waals surface area contributed by atoms with Crippen LogP contribution in [0, 0.1) is 5.92 Å². The summed E-state index contributed by atoms with van der Waals surface area (Å²) in [6.07, 6.45) is -1.63. The first kappa shape index (κ1) is 26.0. The van der Waals surface area contributed by atoms with Crippen LogP contribution in [0.2, 0.25) is 0 Å². The summed E-state index contributed by atoms with van der Waals surface area (Å²) in [6.45, 7) is 3.67. The number of nitrogens with zero attached hydrogens (tertiary/aromatic N) is 5. The Kier molecular flexibility index (Phi) is 7.01. The zero-order valence-corrected chi connectivity index (χ0v) is 21.1. The predicted molar refractivity (Wildman–Crippen MR) is 142 cm³/mol. The Hall–Kier alpha value is -3.64. The van der Waals surface area contributed by atoms with Crippen LogP contribution in [0.25, 0.3) is 10.9 Å². The van der Waals surface area contributed by atoms with E-state index >= 15 is 0 Å². The minimum absolute atomic E-state index is 0.0337. The number of carbonyl (C=O) groups is 1. The number of hydrogen-bond donors (Lipinski definition) is 3. The molecular weight excluding hydrogens is 497 g/mol. The summed E-state index contributed by atoms with van der Waals surface area (Å²) in [7, 11) is 2.09. The van der Waals surface area contributed by atoms with Gasteiger partial charge >= 0.3 is 6.18 Å². The molecule has 5 rings (SSSR count). The van der Waals surface area contributed by atoms with Gasteiger partial charge in [-0.2, -0.15) is 13.2 Å². The highest BCUT2D eigenvalue weighted by molar-refractivity contribution is 6.09. The number of hydrogen-bond acceptors (Lipinski definition) is 8. The maximum absolute atomic E-state index is 13.5. The molecule has 0 bridgehead atoms. The molecule has 3 aromatic rings. The third-order valence-corrected chi connectivity index (χ3v) is 7.25. The van der Waals surface area contributed by atoms with Gasteiger partial charge in [-0.3, -0.25) is 9.78 Å². The van der Waals surface area contributed by atoms with Crippen LogP contribution in [-0.4, -0.2) is 79.3 Å². The minimum atomic E-state index is -4.36. The number of nitrogens with two attached hydrogens (primary N) is 2. The second-order valence-electron chi connectivity index (χ2n) is 10.1. The lowest BCUT2D eigenvalue weighted by Gasteiger charge is -2.39. The van der Waals surface area contributed by atoms with Crippen LogP contribution in [0.3, 0.4) is 0 Å². The van der Waals surface area contributed by atoms with Gasteiger partial charge in [0, 0.05) is 62.6 Å². The lowest BCUT2D eigenvalue weighted by Crippen LogP contribution is -2.51. The van der Waals surface area contributed by atoms with Gasteiger partial charge in [-0.1, -0.05) is 6.07 Å². The first-order valence-electron chi connectivity index (χ1n) is 12.5. The monoisotopic (exact) mass is 528 g/mol. The Bertz CT molecular complexity index is 1330. The number of aromatic nitrogens is 2. The summed E-state index contributed by atoms with van der Waals surface area (Å²) in [4.78, 5) is 28.0. The van der Waals surface area contributed by atoms with Gasteiger partial charge in [0.05, 0.1) is 34.7 Å². The third-order valence-electron chi connectivity index (χ3n) is 7.25. The number of nitrogens with one attached hydrogen (secondary N) is 1. The molecule has 0 aliphatic carbocycles. The average molecular weight is 529 g/mol. The average Bonchev–Trinajstić information content (AvgIpc) is 2.88. The lowest BCUT2D eigenvalue weighted by molar-refractivity contribution is -0.177. The van der Waals surface area contributed by atoms with Crippen molar-refractivity contribution in [1.29, 1.82) is 0 Å². The Morgan fingerprint density at radius 1 is 1.08 bits per heavy atom. The van der Waals surface area contributed by atoms with Gasteiger partial charge in [0.2, 0.25) is 0 Å². The number of carbonyl (C=O) groups excluding carboxylic acids is 1.